The summed E-state index contributed by atoms with van der Waals surface area (Å²) in [5.41, 5.74) is 6.02. The molecule has 0 radical (unpaired) electrons. The summed E-state index contributed by atoms with van der Waals surface area (Å²) in [6.45, 7) is -0.238. The van der Waals surface area contributed by atoms with Crippen LogP contribution in [-0.2, 0) is 4.74 Å². The minimum absolute atomic E-state index is 0.0273. The van der Waals surface area contributed by atoms with Gasteiger partial charge < -0.3 is 30.5 Å². The van der Waals surface area contributed by atoms with Crippen molar-refractivity contribution in [3.05, 3.63) is 24.0 Å². The van der Waals surface area contributed by atoms with Crippen LogP contribution in [0.1, 0.15) is 18.3 Å². The molecule has 17 heavy (non-hydrogen) atoms. The van der Waals surface area contributed by atoms with E-state index in [1.165, 1.54) is 0 Å². The molecule has 7 heteroatoms. The first kappa shape index (κ1) is 11.9. The molecule has 0 aliphatic carbocycles. The lowest BCUT2D eigenvalue weighted by Crippen LogP contribution is -2.24. The van der Waals surface area contributed by atoms with E-state index < -0.39 is 18.4 Å². The minimum atomic E-state index is -0.715. The zero-order valence-electron chi connectivity index (χ0n) is 9.10. The molecule has 1 saturated heterocycles. The summed E-state index contributed by atoms with van der Waals surface area (Å²) in [4.78, 5) is 0. The maximum Gasteiger partial charge on any atom is 0.186 e. The Labute approximate surface area is 97.7 Å². The number of aliphatic hydroxyl groups is 2. The van der Waals surface area contributed by atoms with E-state index in [4.69, 9.17) is 20.8 Å². The molecule has 1 aliphatic heterocycles. The number of rotatable bonds is 3. The standard InChI is InChI=1S/C10H15N3O4/c11-10(12-16)6-2-1-3-13(6)9-4-7(15)8(5-14)17-9/h1-3,7-9,14-16H,4-5H2,(H2,11,12)/t7-,8+,9+/m0/s1. The van der Waals surface area contributed by atoms with Gasteiger partial charge in [-0.05, 0) is 12.1 Å². The third-order valence-electron chi connectivity index (χ3n) is 2.84. The van der Waals surface area contributed by atoms with E-state index in [-0.39, 0.29) is 12.4 Å². The molecule has 2 rings (SSSR count). The van der Waals surface area contributed by atoms with Crippen LogP contribution in [0.4, 0.5) is 0 Å². The van der Waals surface area contributed by atoms with Crippen molar-refractivity contribution in [2.45, 2.75) is 24.9 Å². The van der Waals surface area contributed by atoms with Crippen LogP contribution >= 0.6 is 0 Å². The highest BCUT2D eigenvalue weighted by molar-refractivity contribution is 5.95. The summed E-state index contributed by atoms with van der Waals surface area (Å²) in [6.07, 6.45) is 0.332. The molecule has 0 amide bonds. The van der Waals surface area contributed by atoms with Crippen molar-refractivity contribution >= 4 is 5.84 Å². The molecule has 1 aliphatic rings. The van der Waals surface area contributed by atoms with Gasteiger partial charge in [0.05, 0.1) is 18.4 Å². The molecule has 0 bridgehead atoms. The Morgan fingerprint density at radius 2 is 2.41 bits per heavy atom. The van der Waals surface area contributed by atoms with Crippen LogP contribution in [0.5, 0.6) is 0 Å². The summed E-state index contributed by atoms with van der Waals surface area (Å²) in [6, 6.07) is 3.41. The smallest absolute Gasteiger partial charge is 0.186 e. The number of oxime groups is 1. The minimum Gasteiger partial charge on any atom is -0.409 e. The zero-order chi connectivity index (χ0) is 12.4. The zero-order valence-corrected chi connectivity index (χ0v) is 9.10. The lowest BCUT2D eigenvalue weighted by molar-refractivity contribution is -0.0444. The quantitative estimate of drug-likeness (QED) is 0.240. The van der Waals surface area contributed by atoms with Crippen LogP contribution < -0.4 is 5.73 Å². The van der Waals surface area contributed by atoms with Crippen molar-refractivity contribution in [3.8, 4) is 0 Å². The number of hydrogen-bond donors (Lipinski definition) is 4. The summed E-state index contributed by atoms with van der Waals surface area (Å²) in [5, 5.41) is 30.2. The second-order valence-corrected chi connectivity index (χ2v) is 3.90. The highest BCUT2D eigenvalue weighted by Crippen LogP contribution is 2.29. The molecule has 0 aromatic carbocycles. The van der Waals surface area contributed by atoms with Gasteiger partial charge in [0.25, 0.3) is 0 Å². The fourth-order valence-corrected chi connectivity index (χ4v) is 1.96. The highest BCUT2D eigenvalue weighted by Gasteiger charge is 2.35. The SMILES string of the molecule is NC(=NO)c1cccn1[C@H]1C[C@H](O)[C@@H](CO)O1. The first-order valence-electron chi connectivity index (χ1n) is 5.26. The van der Waals surface area contributed by atoms with Crippen molar-refractivity contribution in [1.82, 2.24) is 4.57 Å². The van der Waals surface area contributed by atoms with Crippen molar-refractivity contribution in [2.75, 3.05) is 6.61 Å². The van der Waals surface area contributed by atoms with E-state index in [0.717, 1.165) is 0 Å². The molecule has 94 valence electrons. The van der Waals surface area contributed by atoms with Crippen LogP contribution in [0, 0.1) is 0 Å². The number of ether oxygens (including phenoxy) is 1. The number of nitrogens with zero attached hydrogens (tertiary/aromatic N) is 2. The Morgan fingerprint density at radius 3 is 3.00 bits per heavy atom. The van der Waals surface area contributed by atoms with Crippen molar-refractivity contribution < 1.29 is 20.2 Å². The van der Waals surface area contributed by atoms with E-state index in [0.29, 0.717) is 12.1 Å². The molecule has 1 aromatic heterocycles. The average Bonchev–Trinajstić information content (AvgIpc) is 2.93. The van der Waals surface area contributed by atoms with Gasteiger partial charge in [0.15, 0.2) is 5.84 Å². The van der Waals surface area contributed by atoms with Gasteiger partial charge in [-0.15, -0.1) is 0 Å². The predicted molar refractivity (Wildman–Crippen MR) is 58.6 cm³/mol. The fourth-order valence-electron chi connectivity index (χ4n) is 1.96. The molecule has 5 N–H and O–H groups in total. The number of aromatic nitrogens is 1. The van der Waals surface area contributed by atoms with Gasteiger partial charge in [-0.1, -0.05) is 5.16 Å². The van der Waals surface area contributed by atoms with E-state index in [1.807, 2.05) is 0 Å². The largest absolute Gasteiger partial charge is 0.409 e. The number of amidine groups is 1. The van der Waals surface area contributed by atoms with Crippen molar-refractivity contribution in [1.29, 1.82) is 0 Å². The molecular formula is C10H15N3O4. The van der Waals surface area contributed by atoms with E-state index in [1.54, 1.807) is 22.9 Å². The molecule has 0 unspecified atom stereocenters. The Balaban J connectivity index is 2.22. The van der Waals surface area contributed by atoms with Gasteiger partial charge in [0, 0.05) is 12.6 Å². The molecule has 3 atom stereocenters. The third kappa shape index (κ3) is 2.12. The maximum atomic E-state index is 9.64. The molecule has 1 aromatic rings. The summed E-state index contributed by atoms with van der Waals surface area (Å²) in [7, 11) is 0. The average molecular weight is 241 g/mol. The van der Waals surface area contributed by atoms with Crippen LogP contribution in [0.25, 0.3) is 0 Å². The summed E-state index contributed by atoms with van der Waals surface area (Å²) < 4.78 is 7.13. The van der Waals surface area contributed by atoms with E-state index in [2.05, 4.69) is 5.16 Å². The lowest BCUT2D eigenvalue weighted by atomic mass is 10.2. The second-order valence-electron chi connectivity index (χ2n) is 3.90. The summed E-state index contributed by atoms with van der Waals surface area (Å²) >= 11 is 0. The number of hydrogen-bond acceptors (Lipinski definition) is 5. The predicted octanol–water partition coefficient (Wildman–Crippen LogP) is -0.777. The van der Waals surface area contributed by atoms with Crippen LogP contribution in [0.3, 0.4) is 0 Å². The Morgan fingerprint density at radius 1 is 1.65 bits per heavy atom. The summed E-state index contributed by atoms with van der Waals surface area (Å²) in [5.74, 6) is -0.0273. The normalized spacial score (nSPS) is 29.8. The van der Waals surface area contributed by atoms with Crippen LogP contribution in [0.15, 0.2) is 23.5 Å². The highest BCUT2D eigenvalue weighted by atomic mass is 16.5. The van der Waals surface area contributed by atoms with Gasteiger partial charge >= 0.3 is 0 Å². The monoisotopic (exact) mass is 241 g/mol. The molecular weight excluding hydrogens is 226 g/mol. The molecule has 1 fully saturated rings. The Bertz CT molecular complexity index is 417. The van der Waals surface area contributed by atoms with Crippen molar-refractivity contribution in [2.24, 2.45) is 10.9 Å². The second kappa shape index (κ2) is 4.74. The van der Waals surface area contributed by atoms with E-state index in [9.17, 15) is 5.11 Å². The van der Waals surface area contributed by atoms with Gasteiger partial charge in [-0.3, -0.25) is 0 Å². The van der Waals surface area contributed by atoms with Crippen LogP contribution in [-0.4, -0.2) is 44.6 Å². The lowest BCUT2D eigenvalue weighted by Gasteiger charge is -2.16. The first-order chi connectivity index (χ1) is 8.17. The van der Waals surface area contributed by atoms with Gasteiger partial charge in [-0.25, -0.2) is 0 Å². The van der Waals surface area contributed by atoms with E-state index >= 15 is 0 Å². The topological polar surface area (TPSA) is 113 Å². The number of nitrogens with two attached hydrogens (primary N) is 1. The van der Waals surface area contributed by atoms with Crippen LogP contribution in [0.2, 0.25) is 0 Å². The number of aliphatic hydroxyl groups excluding tert-OH is 2. The van der Waals surface area contributed by atoms with Gasteiger partial charge in [0.2, 0.25) is 0 Å². The molecule has 2 heterocycles. The van der Waals surface area contributed by atoms with Crippen molar-refractivity contribution in [3.63, 3.8) is 0 Å². The molecule has 0 spiro atoms. The Hall–Kier alpha value is -1.57. The van der Waals surface area contributed by atoms with Gasteiger partial charge in [0.1, 0.15) is 12.3 Å². The third-order valence-corrected chi connectivity index (χ3v) is 2.84. The molecule has 0 saturated carbocycles. The maximum absolute atomic E-state index is 9.64. The first-order valence-corrected chi connectivity index (χ1v) is 5.26. The van der Waals surface area contributed by atoms with Gasteiger partial charge in [-0.2, -0.15) is 0 Å². The molecule has 7 nitrogen and oxygen atoms in total. The Kier molecular flexibility index (Phi) is 3.32. The fraction of sp³-hybridized carbons (Fsp3) is 0.500.